The van der Waals surface area contributed by atoms with Gasteiger partial charge in [0.15, 0.2) is 0 Å². The summed E-state index contributed by atoms with van der Waals surface area (Å²) in [5, 5.41) is 9.25. The summed E-state index contributed by atoms with van der Waals surface area (Å²) in [5.74, 6) is 7.73. The zero-order valence-corrected chi connectivity index (χ0v) is 10.6. The molecule has 0 fully saturated rings. The maximum absolute atomic E-state index is 11.0. The van der Waals surface area contributed by atoms with E-state index in [0.717, 1.165) is 0 Å². The number of aliphatic hydroxyl groups excluding tert-OH is 1. The van der Waals surface area contributed by atoms with E-state index in [1.165, 1.54) is 0 Å². The highest BCUT2D eigenvalue weighted by Gasteiger charge is 1.97. The highest BCUT2D eigenvalue weighted by molar-refractivity contribution is 5.69. The van der Waals surface area contributed by atoms with Crippen molar-refractivity contribution in [2.24, 2.45) is 0 Å². The van der Waals surface area contributed by atoms with Crippen LogP contribution in [-0.4, -0.2) is 23.8 Å². The lowest BCUT2D eigenvalue weighted by Gasteiger charge is -1.96. The van der Waals surface area contributed by atoms with Gasteiger partial charge in [-0.05, 0) is 13.0 Å². The molecule has 0 amide bonds. The molecular weight excluding hydrogens is 228 g/mol. The Bertz CT molecular complexity index is 388. The molecule has 96 valence electrons. The fourth-order valence-corrected chi connectivity index (χ4v) is 1.01. The predicted molar refractivity (Wildman–Crippen MR) is 71.4 cm³/mol. The third-order valence-electron chi connectivity index (χ3n) is 1.81. The van der Waals surface area contributed by atoms with Crippen LogP contribution in [0.3, 0.4) is 0 Å². The molecule has 0 aromatic heterocycles. The van der Waals surface area contributed by atoms with Crippen LogP contribution in [0.2, 0.25) is 0 Å². The van der Waals surface area contributed by atoms with Crippen LogP contribution in [-0.2, 0) is 9.53 Å². The zero-order valence-electron chi connectivity index (χ0n) is 10.6. The van der Waals surface area contributed by atoms with Gasteiger partial charge in [-0.25, -0.2) is 0 Å². The van der Waals surface area contributed by atoms with Gasteiger partial charge >= 0.3 is 5.97 Å². The number of rotatable bonds is 6. The second kappa shape index (κ2) is 11.5. The molecule has 0 spiro atoms. The number of carbonyl (C=O) groups excluding carboxylic acids is 1. The lowest BCUT2D eigenvalue weighted by molar-refractivity contribution is -0.142. The summed E-state index contributed by atoms with van der Waals surface area (Å²) in [6, 6.07) is 0. The summed E-state index contributed by atoms with van der Waals surface area (Å²) in [6.45, 7) is 2.17. The highest BCUT2D eigenvalue weighted by Crippen LogP contribution is 1.92. The number of carbonyl (C=O) groups is 1. The van der Waals surface area contributed by atoms with Crippen molar-refractivity contribution < 1.29 is 14.6 Å². The average molecular weight is 246 g/mol. The van der Waals surface area contributed by atoms with Gasteiger partial charge < -0.3 is 9.84 Å². The van der Waals surface area contributed by atoms with Crippen molar-refractivity contribution in [2.75, 3.05) is 6.61 Å². The molecule has 0 aromatic rings. The summed E-state index contributed by atoms with van der Waals surface area (Å²) in [4.78, 5) is 11.0. The van der Waals surface area contributed by atoms with Gasteiger partial charge in [0, 0.05) is 12.8 Å². The summed E-state index contributed by atoms with van der Waals surface area (Å²) < 4.78 is 4.76. The minimum absolute atomic E-state index is 0.229. The Morgan fingerprint density at radius 2 is 2.28 bits per heavy atom. The largest absolute Gasteiger partial charge is 0.466 e. The highest BCUT2D eigenvalue weighted by atomic mass is 16.5. The third kappa shape index (κ3) is 10.5. The van der Waals surface area contributed by atoms with Crippen molar-refractivity contribution in [1.29, 1.82) is 0 Å². The molecular formula is C15H18O3. The molecule has 1 atom stereocenters. The lowest BCUT2D eigenvalue weighted by atomic mass is 10.2. The number of esters is 1. The third-order valence-corrected chi connectivity index (χ3v) is 1.81. The van der Waals surface area contributed by atoms with Crippen LogP contribution in [0.4, 0.5) is 0 Å². The molecule has 0 aliphatic carbocycles. The molecule has 0 saturated carbocycles. The summed E-state index contributed by atoms with van der Waals surface area (Å²) in [6.07, 6.45) is 12.1. The van der Waals surface area contributed by atoms with Crippen LogP contribution in [0, 0.1) is 24.2 Å². The van der Waals surface area contributed by atoms with Crippen LogP contribution in [0.15, 0.2) is 24.3 Å². The Labute approximate surface area is 109 Å². The molecule has 0 aromatic carbocycles. The Balaban J connectivity index is 3.77. The number of aliphatic hydroxyl groups is 1. The fourth-order valence-electron chi connectivity index (χ4n) is 1.01. The molecule has 3 nitrogen and oxygen atoms in total. The molecule has 0 saturated heterocycles. The van der Waals surface area contributed by atoms with Crippen molar-refractivity contribution in [2.45, 2.75) is 32.3 Å². The number of allylic oxidation sites excluding steroid dienone is 3. The molecule has 0 radical (unpaired) electrons. The summed E-state index contributed by atoms with van der Waals surface area (Å²) in [5.41, 5.74) is 0. The van der Waals surface area contributed by atoms with Gasteiger partial charge in [-0.3, -0.25) is 4.79 Å². The van der Waals surface area contributed by atoms with Gasteiger partial charge in [0.2, 0.25) is 0 Å². The Kier molecular flexibility index (Phi) is 10.3. The van der Waals surface area contributed by atoms with E-state index < -0.39 is 6.10 Å². The molecule has 0 unspecified atom stereocenters. The maximum Gasteiger partial charge on any atom is 0.306 e. The van der Waals surface area contributed by atoms with Crippen molar-refractivity contribution in [3.8, 4) is 24.2 Å². The van der Waals surface area contributed by atoms with Crippen molar-refractivity contribution in [1.82, 2.24) is 0 Å². The van der Waals surface area contributed by atoms with Crippen molar-refractivity contribution >= 4 is 5.97 Å². The normalized spacial score (nSPS) is 11.8. The first-order chi connectivity index (χ1) is 8.70. The van der Waals surface area contributed by atoms with E-state index in [9.17, 15) is 9.90 Å². The first-order valence-corrected chi connectivity index (χ1v) is 5.79. The van der Waals surface area contributed by atoms with Crippen LogP contribution in [0.25, 0.3) is 0 Å². The smallest absolute Gasteiger partial charge is 0.306 e. The van der Waals surface area contributed by atoms with E-state index in [4.69, 9.17) is 11.2 Å². The first kappa shape index (κ1) is 16.0. The Morgan fingerprint density at radius 1 is 1.50 bits per heavy atom. The molecule has 0 heterocycles. The van der Waals surface area contributed by atoms with E-state index in [1.54, 1.807) is 31.2 Å². The number of hydrogen-bond donors (Lipinski definition) is 1. The van der Waals surface area contributed by atoms with E-state index >= 15 is 0 Å². The minimum atomic E-state index is -0.614. The van der Waals surface area contributed by atoms with Crippen LogP contribution in [0.5, 0.6) is 0 Å². The molecule has 0 rings (SSSR count). The van der Waals surface area contributed by atoms with Gasteiger partial charge in [0.05, 0.1) is 19.1 Å². The van der Waals surface area contributed by atoms with Crippen LogP contribution >= 0.6 is 0 Å². The number of terminal acetylenes is 1. The van der Waals surface area contributed by atoms with Gasteiger partial charge in [-0.15, -0.1) is 12.3 Å². The van der Waals surface area contributed by atoms with Crippen LogP contribution in [0.1, 0.15) is 26.2 Å². The van der Waals surface area contributed by atoms with E-state index in [-0.39, 0.29) is 5.97 Å². The van der Waals surface area contributed by atoms with E-state index in [2.05, 4.69) is 17.8 Å². The maximum atomic E-state index is 11.0. The van der Waals surface area contributed by atoms with Gasteiger partial charge in [-0.1, -0.05) is 30.1 Å². The molecule has 1 N–H and O–H groups in total. The van der Waals surface area contributed by atoms with Gasteiger partial charge in [-0.2, -0.15) is 0 Å². The Hall–Kier alpha value is -1.97. The fraction of sp³-hybridized carbons (Fsp3) is 0.400. The van der Waals surface area contributed by atoms with E-state index in [1.807, 2.05) is 0 Å². The quantitative estimate of drug-likeness (QED) is 0.442. The molecule has 18 heavy (non-hydrogen) atoms. The first-order valence-electron chi connectivity index (χ1n) is 5.79. The van der Waals surface area contributed by atoms with Crippen molar-refractivity contribution in [3.05, 3.63) is 24.3 Å². The molecule has 0 aliphatic heterocycles. The minimum Gasteiger partial charge on any atom is -0.466 e. The van der Waals surface area contributed by atoms with E-state index in [0.29, 0.717) is 25.9 Å². The number of ether oxygens (including phenoxy) is 1. The topological polar surface area (TPSA) is 46.5 Å². The van der Waals surface area contributed by atoms with Gasteiger partial charge in [0.25, 0.3) is 0 Å². The zero-order chi connectivity index (χ0) is 13.6. The van der Waals surface area contributed by atoms with Gasteiger partial charge in [0.1, 0.15) is 0 Å². The SMILES string of the molecule is C#CC[C@@H](O)/C=C/C=C/C#CCCC(=O)OCC. The monoisotopic (exact) mass is 246 g/mol. The second-order valence-corrected chi connectivity index (χ2v) is 3.35. The Morgan fingerprint density at radius 3 is 2.94 bits per heavy atom. The summed E-state index contributed by atoms with van der Waals surface area (Å²) in [7, 11) is 0. The molecule has 3 heteroatoms. The average Bonchev–Trinajstić information content (AvgIpc) is 2.33. The molecule has 0 aliphatic rings. The van der Waals surface area contributed by atoms with Crippen LogP contribution < -0.4 is 0 Å². The predicted octanol–water partition coefficient (Wildman–Crippen LogP) is 1.83. The lowest BCUT2D eigenvalue weighted by Crippen LogP contribution is -2.02. The summed E-state index contributed by atoms with van der Waals surface area (Å²) >= 11 is 0. The molecule has 0 bridgehead atoms. The second-order valence-electron chi connectivity index (χ2n) is 3.35. The van der Waals surface area contributed by atoms with Crippen molar-refractivity contribution in [3.63, 3.8) is 0 Å². The standard InChI is InChI=1S/C15H18O3/c1-3-11-14(16)12-9-7-5-6-8-10-13-15(17)18-4-2/h1,5,7,9,12,14,16H,4,10-11,13H2,2H3/b7-5+,12-9+/t14-/m1/s1. The number of hydrogen-bond acceptors (Lipinski definition) is 3.